The van der Waals surface area contributed by atoms with E-state index in [9.17, 15) is 4.79 Å². The van der Waals surface area contributed by atoms with Crippen LogP contribution < -0.4 is 28.3 Å². The van der Waals surface area contributed by atoms with Crippen LogP contribution in [0, 0.1) is 35.0 Å². The van der Waals surface area contributed by atoms with Gasteiger partial charge in [0, 0.05) is 0 Å². The van der Waals surface area contributed by atoms with Gasteiger partial charge in [0.15, 0.2) is 0 Å². The molecule has 2 aliphatic carbocycles. The number of esters is 1. The van der Waals surface area contributed by atoms with Gasteiger partial charge in [-0.25, -0.2) is 0 Å². The Kier molecular flexibility index (Phi) is 3.91. The molecule has 0 radical (unpaired) electrons. The molecule has 2 heterocycles. The van der Waals surface area contributed by atoms with E-state index >= 15 is 0 Å². The summed E-state index contributed by atoms with van der Waals surface area (Å²) in [6.45, 7) is 2.69. The molecule has 4 rings (SSSR count). The molecular formula is C15H22I2N3O2-. The van der Waals surface area contributed by atoms with Crippen LogP contribution in [0.1, 0.15) is 32.6 Å². The maximum atomic E-state index is 12.6. The number of nitrogens with zero attached hydrogens (tertiary/aromatic N) is 1. The number of alkyl halides is 3. The minimum atomic E-state index is -1.11. The molecule has 7 heteroatoms. The molecule has 22 heavy (non-hydrogen) atoms. The normalized spacial score (nSPS) is 40.7. The van der Waals surface area contributed by atoms with Crippen molar-refractivity contribution in [2.75, 3.05) is 11.5 Å². The summed E-state index contributed by atoms with van der Waals surface area (Å²) >= 11 is -1.31. The van der Waals surface area contributed by atoms with E-state index in [-0.39, 0.29) is 34.3 Å². The summed E-state index contributed by atoms with van der Waals surface area (Å²) < 4.78 is 12.5. The molecular weight excluding hydrogens is 508 g/mol. The number of nitriles is 1. The Morgan fingerprint density at radius 1 is 1.41 bits per heavy atom. The summed E-state index contributed by atoms with van der Waals surface area (Å²) in [5.74, 6) is 2.54. The second-order valence-corrected chi connectivity index (χ2v) is 14.6. The van der Waals surface area contributed by atoms with Crippen molar-refractivity contribution in [2.24, 2.45) is 23.7 Å². The van der Waals surface area contributed by atoms with Crippen LogP contribution in [0.5, 0.6) is 0 Å². The Morgan fingerprint density at radius 3 is 2.55 bits per heavy atom. The first kappa shape index (κ1) is 15.8. The summed E-state index contributed by atoms with van der Waals surface area (Å²) in [6.07, 6.45) is 4.28. The molecule has 5 atom stereocenters. The molecule has 4 fully saturated rings. The zero-order valence-electron chi connectivity index (χ0n) is 12.9. The van der Waals surface area contributed by atoms with Gasteiger partial charge < -0.3 is 0 Å². The summed E-state index contributed by atoms with van der Waals surface area (Å²) in [7, 11) is 0. The number of ether oxygens (including phenoxy) is 1. The number of fused-ring (bicyclic) bond motifs is 3. The van der Waals surface area contributed by atoms with Gasteiger partial charge in [-0.1, -0.05) is 0 Å². The molecule has 2 saturated carbocycles. The van der Waals surface area contributed by atoms with Gasteiger partial charge >= 0.3 is 150 Å². The molecule has 124 valence electrons. The van der Waals surface area contributed by atoms with Crippen LogP contribution in [0.25, 0.3) is 0 Å². The molecule has 0 aromatic carbocycles. The average Bonchev–Trinajstić information content (AvgIpc) is 3.29. The Morgan fingerprint density at radius 2 is 2.05 bits per heavy atom. The van der Waals surface area contributed by atoms with Gasteiger partial charge in [-0.15, -0.1) is 0 Å². The summed E-state index contributed by atoms with van der Waals surface area (Å²) in [6, 6.07) is 2.32. The Labute approximate surface area is 149 Å². The molecule has 4 aliphatic rings. The third-order valence-electron chi connectivity index (χ3n) is 6.00. The van der Waals surface area contributed by atoms with E-state index < -0.39 is 20.4 Å². The Hall–Kier alpha value is 0.340. The second kappa shape index (κ2) is 5.43. The second-order valence-electron chi connectivity index (χ2n) is 7.03. The van der Waals surface area contributed by atoms with E-state index in [1.807, 2.05) is 0 Å². The molecule has 0 aromatic heterocycles. The zero-order valence-corrected chi connectivity index (χ0v) is 17.2. The predicted molar refractivity (Wildman–Crippen MR) is 86.4 cm³/mol. The fourth-order valence-corrected chi connectivity index (χ4v) is 14.7. The molecule has 2 N–H and O–H groups in total. The monoisotopic (exact) mass is 530 g/mol. The zero-order chi connectivity index (χ0) is 15.5. The summed E-state index contributed by atoms with van der Waals surface area (Å²) in [4.78, 5) is 14.8. The Balaban J connectivity index is 1.31. The third-order valence-corrected chi connectivity index (χ3v) is 15.3. The standard InChI is InChI=1S/C15H22I2N3O2/c1-14(16-2,15-17(19-15)20-15)13(21)22-8-12-7-10-6-11(12)5-9(10)3-4-18/h9-12,19-20H,3,5-8H2,1-2H3/q-1. The number of rotatable bonds is 6. The van der Waals surface area contributed by atoms with Gasteiger partial charge in [0.25, 0.3) is 0 Å². The maximum absolute atomic E-state index is 12.6. The van der Waals surface area contributed by atoms with Crippen molar-refractivity contribution >= 4 is 26.3 Å². The molecule has 2 aliphatic heterocycles. The van der Waals surface area contributed by atoms with Crippen LogP contribution in [0.2, 0.25) is 0 Å². The number of nitrogens with one attached hydrogen (secondary N) is 2. The number of carbonyl (C=O) groups is 1. The van der Waals surface area contributed by atoms with E-state index in [1.165, 1.54) is 12.8 Å². The van der Waals surface area contributed by atoms with E-state index in [0.717, 1.165) is 6.42 Å². The quantitative estimate of drug-likeness (QED) is 0.112. The molecule has 5 unspecified atom stereocenters. The molecule has 5 nitrogen and oxygen atoms in total. The topological polar surface area (TPSA) is 94.0 Å². The fraction of sp³-hybridized carbons (Fsp3) is 0.867. The number of carbonyl (C=O) groups excluding carboxylic acids is 1. The first-order chi connectivity index (χ1) is 10.5. The molecule has 0 aromatic rings. The number of hydrogen-bond donors (Lipinski definition) is 2. The molecule has 2 saturated heterocycles. The first-order valence-corrected chi connectivity index (χ1v) is 14.3. The van der Waals surface area contributed by atoms with E-state index in [4.69, 9.17) is 10.00 Å². The number of hydrogen-bond acceptors (Lipinski definition) is 5. The van der Waals surface area contributed by atoms with Crippen molar-refractivity contribution in [3.05, 3.63) is 0 Å². The summed E-state index contributed by atoms with van der Waals surface area (Å²) in [5.41, 5.74) is 0. The van der Waals surface area contributed by atoms with Gasteiger partial charge in [-0.05, 0) is 0 Å². The molecule has 2 bridgehead atoms. The first-order valence-electron chi connectivity index (χ1n) is 7.84. The fourth-order valence-electron chi connectivity index (χ4n) is 4.33. The third kappa shape index (κ3) is 2.24. The van der Waals surface area contributed by atoms with Crippen molar-refractivity contribution < 1.29 is 30.7 Å². The summed E-state index contributed by atoms with van der Waals surface area (Å²) in [5, 5.41) is 8.88. The predicted octanol–water partition coefficient (Wildman–Crippen LogP) is -1.22. The van der Waals surface area contributed by atoms with E-state index in [0.29, 0.717) is 36.7 Å². The number of halogens is 2. The van der Waals surface area contributed by atoms with Crippen LogP contribution in [-0.4, -0.2) is 24.6 Å². The SMILES string of the molecule is C[I-]C(C)(C(=O)OCC1CC2CC1CC2CC#N)C12NI1N2. The van der Waals surface area contributed by atoms with Crippen molar-refractivity contribution in [2.45, 2.75) is 39.7 Å². The van der Waals surface area contributed by atoms with Crippen molar-refractivity contribution in [1.82, 2.24) is 7.06 Å². The van der Waals surface area contributed by atoms with E-state index in [2.05, 4.69) is 25.0 Å². The van der Waals surface area contributed by atoms with Gasteiger partial charge in [-0.2, -0.15) is 0 Å². The molecule has 0 amide bonds. The van der Waals surface area contributed by atoms with Gasteiger partial charge in [-0.3, -0.25) is 0 Å². The van der Waals surface area contributed by atoms with Gasteiger partial charge in [0.05, 0.1) is 0 Å². The minimum absolute atomic E-state index is 0.0245. The van der Waals surface area contributed by atoms with Crippen molar-refractivity contribution in [3.8, 4) is 6.07 Å². The van der Waals surface area contributed by atoms with Crippen molar-refractivity contribution in [1.29, 1.82) is 5.26 Å². The van der Waals surface area contributed by atoms with Crippen molar-refractivity contribution in [3.63, 3.8) is 0 Å². The Bertz CT molecular complexity index is 545. The van der Waals surface area contributed by atoms with Crippen LogP contribution in [0.15, 0.2) is 0 Å². The molecule has 0 spiro atoms. The van der Waals surface area contributed by atoms with Gasteiger partial charge in [0.2, 0.25) is 0 Å². The van der Waals surface area contributed by atoms with Gasteiger partial charge in [0.1, 0.15) is 0 Å². The van der Waals surface area contributed by atoms with Crippen LogP contribution in [0.4, 0.5) is 0 Å². The van der Waals surface area contributed by atoms with Crippen LogP contribution in [-0.2, 0) is 9.53 Å². The average molecular weight is 530 g/mol. The van der Waals surface area contributed by atoms with Crippen LogP contribution in [0.3, 0.4) is 0 Å². The van der Waals surface area contributed by atoms with Crippen LogP contribution >= 0.6 is 20.4 Å². The van der Waals surface area contributed by atoms with E-state index in [1.54, 1.807) is 0 Å².